The Bertz CT molecular complexity index is 557. The van der Waals surface area contributed by atoms with Crippen molar-refractivity contribution in [3.63, 3.8) is 0 Å². The Morgan fingerprint density at radius 1 is 1.28 bits per heavy atom. The summed E-state index contributed by atoms with van der Waals surface area (Å²) in [6, 6.07) is 5.78. The van der Waals surface area contributed by atoms with Gasteiger partial charge in [-0.1, -0.05) is 25.3 Å². The number of nitrogens with zero attached hydrogens (tertiary/aromatic N) is 2. The Hall–Kier alpha value is -1.75. The lowest BCUT2D eigenvalue weighted by Crippen LogP contribution is -2.18. The van der Waals surface area contributed by atoms with E-state index >= 15 is 0 Å². The average Bonchev–Trinajstić information content (AvgIpc) is 2.79. The molecule has 1 aliphatic carbocycles. The molecular formula is C13H18N4O. The zero-order valence-corrected chi connectivity index (χ0v) is 10.3. The second-order valence-electron chi connectivity index (χ2n) is 4.89. The van der Waals surface area contributed by atoms with Gasteiger partial charge >= 0.3 is 0 Å². The summed E-state index contributed by atoms with van der Waals surface area (Å²) in [7, 11) is 0. The first-order valence-corrected chi connectivity index (χ1v) is 6.48. The maximum atomic E-state index is 10.1. The van der Waals surface area contributed by atoms with Crippen LogP contribution < -0.4 is 11.3 Å². The van der Waals surface area contributed by atoms with E-state index in [0.29, 0.717) is 12.0 Å². The zero-order chi connectivity index (χ0) is 12.5. The minimum atomic E-state index is 0.270. The lowest BCUT2D eigenvalue weighted by Gasteiger charge is -2.25. The number of rotatable bonds is 2. The van der Waals surface area contributed by atoms with Crippen molar-refractivity contribution in [2.24, 2.45) is 5.84 Å². The van der Waals surface area contributed by atoms with E-state index in [1.165, 1.54) is 19.3 Å². The highest BCUT2D eigenvalue weighted by Crippen LogP contribution is 2.36. The topological polar surface area (TPSA) is 76.1 Å². The fourth-order valence-corrected chi connectivity index (χ4v) is 2.93. The van der Waals surface area contributed by atoms with Crippen LogP contribution in [0.4, 0.5) is 5.95 Å². The first kappa shape index (κ1) is 11.3. The molecule has 0 amide bonds. The van der Waals surface area contributed by atoms with E-state index in [1.54, 1.807) is 12.1 Å². The largest absolute Gasteiger partial charge is 0.506 e. The molecule has 2 aromatic rings. The predicted molar refractivity (Wildman–Crippen MR) is 71.3 cm³/mol. The van der Waals surface area contributed by atoms with Gasteiger partial charge in [0.1, 0.15) is 11.3 Å². The summed E-state index contributed by atoms with van der Waals surface area (Å²) < 4.78 is 2.06. The molecule has 18 heavy (non-hydrogen) atoms. The maximum Gasteiger partial charge on any atom is 0.218 e. The number of hydrogen-bond acceptors (Lipinski definition) is 4. The fourth-order valence-electron chi connectivity index (χ4n) is 2.93. The number of phenols is 1. The van der Waals surface area contributed by atoms with Crippen LogP contribution in [0.1, 0.15) is 38.1 Å². The van der Waals surface area contributed by atoms with E-state index in [0.717, 1.165) is 23.9 Å². The van der Waals surface area contributed by atoms with Gasteiger partial charge in [-0.15, -0.1) is 0 Å². The molecule has 5 heteroatoms. The van der Waals surface area contributed by atoms with Crippen LogP contribution in [0.5, 0.6) is 5.75 Å². The highest BCUT2D eigenvalue weighted by molar-refractivity contribution is 5.84. The molecule has 96 valence electrons. The number of fused-ring (bicyclic) bond motifs is 1. The van der Waals surface area contributed by atoms with Crippen molar-refractivity contribution in [2.45, 2.75) is 38.1 Å². The highest BCUT2D eigenvalue weighted by atomic mass is 16.3. The van der Waals surface area contributed by atoms with Crippen molar-refractivity contribution in [2.75, 3.05) is 5.43 Å². The monoisotopic (exact) mass is 246 g/mol. The molecule has 0 spiro atoms. The Balaban J connectivity index is 2.17. The van der Waals surface area contributed by atoms with Crippen LogP contribution in [0.3, 0.4) is 0 Å². The molecule has 0 unspecified atom stereocenters. The number of benzene rings is 1. The number of phenolic OH excluding ortho intramolecular Hbond substituents is 1. The lowest BCUT2D eigenvalue weighted by atomic mass is 9.95. The molecule has 0 bridgehead atoms. The van der Waals surface area contributed by atoms with Crippen LogP contribution in [0.2, 0.25) is 0 Å². The standard InChI is InChI=1S/C13H18N4O/c14-16-13-15-10-7-4-8-11(18)12(10)17(13)9-5-2-1-3-6-9/h4,7-9,18H,1-3,5-6,14H2,(H,15,16). The molecule has 0 saturated heterocycles. The lowest BCUT2D eigenvalue weighted by molar-refractivity contribution is 0.359. The van der Waals surface area contributed by atoms with E-state index in [1.807, 2.05) is 6.07 Å². The third-order valence-corrected chi connectivity index (χ3v) is 3.76. The summed E-state index contributed by atoms with van der Waals surface area (Å²) in [4.78, 5) is 4.43. The number of nitrogens with two attached hydrogens (primary N) is 1. The SMILES string of the molecule is NNc1nc2cccc(O)c2n1C1CCCCC1. The maximum absolute atomic E-state index is 10.1. The third-order valence-electron chi connectivity index (χ3n) is 3.76. The van der Waals surface area contributed by atoms with Crippen molar-refractivity contribution in [1.29, 1.82) is 0 Å². The number of nitrogen functional groups attached to an aromatic ring is 1. The van der Waals surface area contributed by atoms with Gasteiger partial charge in [-0.3, -0.25) is 5.43 Å². The minimum absolute atomic E-state index is 0.270. The van der Waals surface area contributed by atoms with Crippen molar-refractivity contribution >= 4 is 17.0 Å². The summed E-state index contributed by atoms with van der Waals surface area (Å²) in [6.07, 6.45) is 5.98. The van der Waals surface area contributed by atoms with Crippen molar-refractivity contribution in [3.8, 4) is 5.75 Å². The number of nitrogens with one attached hydrogen (secondary N) is 1. The second kappa shape index (κ2) is 4.49. The molecule has 3 rings (SSSR count). The molecule has 1 heterocycles. The number of aromatic hydroxyl groups is 1. The molecule has 0 radical (unpaired) electrons. The summed E-state index contributed by atoms with van der Waals surface area (Å²) in [5, 5.41) is 10.1. The molecule has 1 aromatic carbocycles. The van der Waals surface area contributed by atoms with Gasteiger partial charge in [0.2, 0.25) is 5.95 Å². The van der Waals surface area contributed by atoms with Gasteiger partial charge < -0.3 is 9.67 Å². The van der Waals surface area contributed by atoms with Crippen LogP contribution >= 0.6 is 0 Å². The van der Waals surface area contributed by atoms with Crippen LogP contribution in [0.25, 0.3) is 11.0 Å². The Morgan fingerprint density at radius 2 is 2.06 bits per heavy atom. The Labute approximate surface area is 106 Å². The normalized spacial score (nSPS) is 17.2. The molecule has 4 N–H and O–H groups in total. The number of para-hydroxylation sites is 1. The van der Waals surface area contributed by atoms with E-state index < -0.39 is 0 Å². The summed E-state index contributed by atoms with van der Waals surface area (Å²) in [6.45, 7) is 0. The van der Waals surface area contributed by atoms with Crippen LogP contribution in [-0.4, -0.2) is 14.7 Å². The van der Waals surface area contributed by atoms with Gasteiger partial charge in [0, 0.05) is 6.04 Å². The van der Waals surface area contributed by atoms with Crippen molar-refractivity contribution in [1.82, 2.24) is 9.55 Å². The number of hydrazine groups is 1. The fraction of sp³-hybridized carbons (Fsp3) is 0.462. The molecule has 0 atom stereocenters. The van der Waals surface area contributed by atoms with Crippen LogP contribution in [0.15, 0.2) is 18.2 Å². The molecule has 1 aliphatic rings. The average molecular weight is 246 g/mol. The number of hydrogen-bond donors (Lipinski definition) is 3. The number of aromatic nitrogens is 2. The highest BCUT2D eigenvalue weighted by Gasteiger charge is 2.22. The minimum Gasteiger partial charge on any atom is -0.506 e. The second-order valence-corrected chi connectivity index (χ2v) is 4.89. The van der Waals surface area contributed by atoms with E-state index in [9.17, 15) is 5.11 Å². The molecule has 1 saturated carbocycles. The van der Waals surface area contributed by atoms with Crippen LogP contribution in [0, 0.1) is 0 Å². The quantitative estimate of drug-likeness (QED) is 0.562. The summed E-state index contributed by atoms with van der Waals surface area (Å²) >= 11 is 0. The molecular weight excluding hydrogens is 228 g/mol. The molecule has 5 nitrogen and oxygen atoms in total. The third kappa shape index (κ3) is 1.71. The number of anilines is 1. The van der Waals surface area contributed by atoms with E-state index in [2.05, 4.69) is 15.0 Å². The Kier molecular flexibility index (Phi) is 2.83. The molecule has 0 aliphatic heterocycles. The van der Waals surface area contributed by atoms with E-state index in [4.69, 9.17) is 5.84 Å². The zero-order valence-electron chi connectivity index (χ0n) is 10.3. The van der Waals surface area contributed by atoms with Gasteiger partial charge in [0.25, 0.3) is 0 Å². The Morgan fingerprint density at radius 3 is 2.78 bits per heavy atom. The van der Waals surface area contributed by atoms with Gasteiger partial charge in [0.05, 0.1) is 5.52 Å². The van der Waals surface area contributed by atoms with Crippen LogP contribution in [-0.2, 0) is 0 Å². The molecule has 1 fully saturated rings. The van der Waals surface area contributed by atoms with Gasteiger partial charge in [-0.05, 0) is 25.0 Å². The van der Waals surface area contributed by atoms with Crippen molar-refractivity contribution in [3.05, 3.63) is 18.2 Å². The first-order chi connectivity index (χ1) is 8.81. The summed E-state index contributed by atoms with van der Waals surface area (Å²) in [5.41, 5.74) is 4.23. The predicted octanol–water partition coefficient (Wildman–Crippen LogP) is 2.53. The van der Waals surface area contributed by atoms with Gasteiger partial charge in [-0.25, -0.2) is 10.8 Å². The van der Waals surface area contributed by atoms with E-state index in [-0.39, 0.29) is 5.75 Å². The smallest absolute Gasteiger partial charge is 0.218 e. The van der Waals surface area contributed by atoms with Gasteiger partial charge in [0.15, 0.2) is 0 Å². The van der Waals surface area contributed by atoms with Crippen molar-refractivity contribution < 1.29 is 5.11 Å². The number of imidazole rings is 1. The molecule has 1 aromatic heterocycles. The summed E-state index contributed by atoms with van der Waals surface area (Å²) in [5.74, 6) is 6.46. The van der Waals surface area contributed by atoms with Gasteiger partial charge in [-0.2, -0.15) is 0 Å². The first-order valence-electron chi connectivity index (χ1n) is 6.48.